The van der Waals surface area contributed by atoms with Gasteiger partial charge in [-0.2, -0.15) is 0 Å². The molecule has 1 aromatic carbocycles. The molecule has 7 nitrogen and oxygen atoms in total. The number of piperazine rings is 1. The minimum Gasteiger partial charge on any atom is -0.379 e. The highest BCUT2D eigenvalue weighted by atomic mass is 35.5. The molecule has 3 aliphatic rings. The number of carbonyl (C=O) groups is 2. The van der Waals surface area contributed by atoms with E-state index < -0.39 is 5.60 Å². The SMILES string of the molecule is CC1(C(=O)N2CCN(C(=O)C3CCCO3)CC2)CC(c2ccc(Cl)cc2)=NO1. The Morgan fingerprint density at radius 1 is 1.14 bits per heavy atom. The van der Waals surface area contributed by atoms with Gasteiger partial charge >= 0.3 is 0 Å². The molecule has 1 aromatic rings. The molecule has 0 aliphatic carbocycles. The number of ether oxygens (including phenoxy) is 1. The minimum absolute atomic E-state index is 0.0429. The molecular formula is C20H24ClN3O4. The van der Waals surface area contributed by atoms with E-state index in [1.807, 2.05) is 12.1 Å². The molecular weight excluding hydrogens is 382 g/mol. The van der Waals surface area contributed by atoms with Gasteiger partial charge in [-0.15, -0.1) is 0 Å². The molecule has 28 heavy (non-hydrogen) atoms. The van der Waals surface area contributed by atoms with Gasteiger partial charge in [-0.1, -0.05) is 28.9 Å². The largest absolute Gasteiger partial charge is 0.379 e. The zero-order valence-electron chi connectivity index (χ0n) is 15.9. The van der Waals surface area contributed by atoms with E-state index in [2.05, 4.69) is 5.16 Å². The van der Waals surface area contributed by atoms with E-state index in [4.69, 9.17) is 21.2 Å². The maximum absolute atomic E-state index is 13.1. The van der Waals surface area contributed by atoms with Crippen LogP contribution in [0, 0.1) is 0 Å². The van der Waals surface area contributed by atoms with Crippen LogP contribution in [0.1, 0.15) is 31.7 Å². The minimum atomic E-state index is -1.02. The second kappa shape index (κ2) is 7.72. The van der Waals surface area contributed by atoms with Crippen molar-refractivity contribution in [3.05, 3.63) is 34.9 Å². The Morgan fingerprint density at radius 2 is 1.82 bits per heavy atom. The standard InChI is InChI=1S/C20H24ClN3O4/c1-20(13-16(22-28-20)14-4-6-15(21)7-5-14)19(26)24-10-8-23(9-11-24)18(25)17-3-2-12-27-17/h4-7,17H,2-3,8-13H2,1H3. The van der Waals surface area contributed by atoms with Crippen molar-refractivity contribution in [1.29, 1.82) is 0 Å². The molecule has 150 valence electrons. The summed E-state index contributed by atoms with van der Waals surface area (Å²) in [6.45, 7) is 4.45. The van der Waals surface area contributed by atoms with Crippen LogP contribution in [-0.4, -0.2) is 71.8 Å². The summed E-state index contributed by atoms with van der Waals surface area (Å²) in [5.74, 6) is -0.0503. The second-order valence-corrected chi connectivity index (χ2v) is 8.10. The summed E-state index contributed by atoms with van der Waals surface area (Å²) in [4.78, 5) is 34.7. The third-order valence-corrected chi connectivity index (χ3v) is 5.83. The highest BCUT2D eigenvalue weighted by molar-refractivity contribution is 6.30. The molecule has 8 heteroatoms. The lowest BCUT2D eigenvalue weighted by atomic mass is 9.94. The summed E-state index contributed by atoms with van der Waals surface area (Å²) in [6, 6.07) is 7.33. The predicted octanol–water partition coefficient (Wildman–Crippen LogP) is 2.07. The van der Waals surface area contributed by atoms with Crippen LogP contribution >= 0.6 is 11.6 Å². The molecule has 2 saturated heterocycles. The first-order valence-electron chi connectivity index (χ1n) is 9.67. The van der Waals surface area contributed by atoms with Crippen molar-refractivity contribution < 1.29 is 19.2 Å². The number of halogens is 1. The maximum atomic E-state index is 13.1. The normalized spacial score (nSPS) is 27.5. The van der Waals surface area contributed by atoms with Crippen LogP contribution in [0.5, 0.6) is 0 Å². The molecule has 0 N–H and O–H groups in total. The van der Waals surface area contributed by atoms with Crippen LogP contribution in [0.2, 0.25) is 5.02 Å². The first-order chi connectivity index (χ1) is 13.5. The summed E-state index contributed by atoms with van der Waals surface area (Å²) in [6.07, 6.45) is 1.81. The zero-order valence-corrected chi connectivity index (χ0v) is 16.7. The molecule has 0 spiro atoms. The van der Waals surface area contributed by atoms with E-state index in [1.54, 1.807) is 28.9 Å². The van der Waals surface area contributed by atoms with Gasteiger partial charge in [0.15, 0.2) is 0 Å². The van der Waals surface area contributed by atoms with Gasteiger partial charge in [-0.3, -0.25) is 9.59 Å². The number of carbonyl (C=O) groups excluding carboxylic acids is 2. The summed E-state index contributed by atoms with van der Waals surface area (Å²) in [7, 11) is 0. The highest BCUT2D eigenvalue weighted by Crippen LogP contribution is 2.29. The van der Waals surface area contributed by atoms with Gasteiger partial charge in [0.2, 0.25) is 5.60 Å². The Kier molecular flexibility index (Phi) is 5.29. The van der Waals surface area contributed by atoms with Gasteiger partial charge in [0.05, 0.1) is 5.71 Å². The molecule has 2 fully saturated rings. The Morgan fingerprint density at radius 3 is 2.46 bits per heavy atom. The first kappa shape index (κ1) is 19.2. The smallest absolute Gasteiger partial charge is 0.269 e. The summed E-state index contributed by atoms with van der Waals surface area (Å²) < 4.78 is 5.49. The van der Waals surface area contributed by atoms with Crippen molar-refractivity contribution in [2.45, 2.75) is 37.9 Å². The van der Waals surface area contributed by atoms with Gasteiger partial charge < -0.3 is 19.4 Å². The lowest BCUT2D eigenvalue weighted by molar-refractivity contribution is -0.157. The van der Waals surface area contributed by atoms with Crippen molar-refractivity contribution in [1.82, 2.24) is 9.80 Å². The Bertz CT molecular complexity index is 783. The van der Waals surface area contributed by atoms with Crippen LogP contribution < -0.4 is 0 Å². The molecule has 0 saturated carbocycles. The third-order valence-electron chi connectivity index (χ3n) is 5.58. The van der Waals surface area contributed by atoms with Gasteiger partial charge in [0.25, 0.3) is 11.8 Å². The zero-order chi connectivity index (χ0) is 19.7. The number of rotatable bonds is 3. The first-order valence-corrected chi connectivity index (χ1v) is 10.0. The fraction of sp³-hybridized carbons (Fsp3) is 0.550. The number of nitrogens with zero attached hydrogens (tertiary/aromatic N) is 3. The molecule has 2 unspecified atom stereocenters. The Labute approximate surface area is 169 Å². The molecule has 0 aromatic heterocycles. The van der Waals surface area contributed by atoms with Crippen LogP contribution in [-0.2, 0) is 19.2 Å². The van der Waals surface area contributed by atoms with Gasteiger partial charge in [0.1, 0.15) is 6.10 Å². The second-order valence-electron chi connectivity index (χ2n) is 7.66. The van der Waals surface area contributed by atoms with Crippen LogP contribution in [0.15, 0.2) is 29.4 Å². The molecule has 0 radical (unpaired) electrons. The molecule has 3 heterocycles. The molecule has 0 bridgehead atoms. The van der Waals surface area contributed by atoms with E-state index >= 15 is 0 Å². The van der Waals surface area contributed by atoms with E-state index in [1.165, 1.54) is 0 Å². The van der Waals surface area contributed by atoms with Crippen molar-refractivity contribution in [2.75, 3.05) is 32.8 Å². The van der Waals surface area contributed by atoms with E-state index in [0.29, 0.717) is 44.2 Å². The molecule has 4 rings (SSSR count). The number of amides is 2. The van der Waals surface area contributed by atoms with Crippen LogP contribution in [0.3, 0.4) is 0 Å². The average molecular weight is 406 g/mol. The van der Waals surface area contributed by atoms with Crippen molar-refractivity contribution in [3.63, 3.8) is 0 Å². The molecule has 2 amide bonds. The summed E-state index contributed by atoms with van der Waals surface area (Å²) in [5.41, 5.74) is 0.614. The van der Waals surface area contributed by atoms with Crippen molar-refractivity contribution in [2.24, 2.45) is 5.16 Å². The van der Waals surface area contributed by atoms with E-state index in [0.717, 1.165) is 24.1 Å². The Balaban J connectivity index is 1.34. The fourth-order valence-corrected chi connectivity index (χ4v) is 4.02. The van der Waals surface area contributed by atoms with Crippen LogP contribution in [0.4, 0.5) is 0 Å². The van der Waals surface area contributed by atoms with Crippen LogP contribution in [0.25, 0.3) is 0 Å². The van der Waals surface area contributed by atoms with Crippen molar-refractivity contribution in [3.8, 4) is 0 Å². The summed E-state index contributed by atoms with van der Waals surface area (Å²) >= 11 is 5.93. The van der Waals surface area contributed by atoms with Crippen molar-refractivity contribution >= 4 is 29.1 Å². The van der Waals surface area contributed by atoms with Gasteiger partial charge in [-0.05, 0) is 37.5 Å². The Hall–Kier alpha value is -2.12. The number of hydrogen-bond donors (Lipinski definition) is 0. The lowest BCUT2D eigenvalue weighted by Crippen LogP contribution is -2.57. The van der Waals surface area contributed by atoms with E-state index in [-0.39, 0.29) is 17.9 Å². The predicted molar refractivity (Wildman–Crippen MR) is 104 cm³/mol. The average Bonchev–Trinajstić information content (AvgIpc) is 3.38. The van der Waals surface area contributed by atoms with E-state index in [9.17, 15) is 9.59 Å². The lowest BCUT2D eigenvalue weighted by Gasteiger charge is -2.38. The fourth-order valence-electron chi connectivity index (χ4n) is 3.89. The maximum Gasteiger partial charge on any atom is 0.269 e. The molecule has 2 atom stereocenters. The topological polar surface area (TPSA) is 71.4 Å². The third kappa shape index (κ3) is 3.73. The summed E-state index contributed by atoms with van der Waals surface area (Å²) in [5, 5.41) is 4.80. The quantitative estimate of drug-likeness (QED) is 0.771. The number of oxime groups is 1. The number of hydrogen-bond acceptors (Lipinski definition) is 5. The highest BCUT2D eigenvalue weighted by Gasteiger charge is 2.45. The monoisotopic (exact) mass is 405 g/mol. The van der Waals surface area contributed by atoms with Gasteiger partial charge in [-0.25, -0.2) is 0 Å². The number of benzene rings is 1. The molecule has 3 aliphatic heterocycles. The van der Waals surface area contributed by atoms with Gasteiger partial charge in [0, 0.05) is 44.2 Å².